The second-order valence-corrected chi connectivity index (χ2v) is 26.7. The van der Waals surface area contributed by atoms with Crippen LogP contribution in [0.3, 0.4) is 0 Å². The molecule has 0 aliphatic rings. The summed E-state index contributed by atoms with van der Waals surface area (Å²) in [6.07, 6.45) is 80.0. The lowest BCUT2D eigenvalue weighted by Crippen LogP contribution is -2.30. The Morgan fingerprint density at radius 1 is 0.306 bits per heavy atom. The van der Waals surface area contributed by atoms with Gasteiger partial charge in [-0.05, 0) is 122 Å². The molecule has 0 aromatic heterocycles. The van der Waals surface area contributed by atoms with Gasteiger partial charge in [-0.1, -0.05) is 269 Å². The highest BCUT2D eigenvalue weighted by atomic mass is 31.2. The van der Waals surface area contributed by atoms with Gasteiger partial charge >= 0.3 is 39.5 Å². The number of ether oxygens (including phenoxy) is 4. The predicted molar refractivity (Wildman–Crippen MR) is 399 cm³/mol. The maximum Gasteiger partial charge on any atom is 0.472 e. The summed E-state index contributed by atoms with van der Waals surface area (Å²) >= 11 is 0. The number of rotatable bonds is 67. The summed E-state index contributed by atoms with van der Waals surface area (Å²) in [4.78, 5) is 72.6. The molecule has 556 valence electrons. The third-order valence-corrected chi connectivity index (χ3v) is 16.4. The minimum Gasteiger partial charge on any atom is -0.462 e. The predicted octanol–water partition coefficient (Wildman–Crippen LogP) is 20.9. The van der Waals surface area contributed by atoms with Crippen molar-refractivity contribution in [3.05, 3.63) is 158 Å². The number of aliphatic hydroxyl groups is 1. The summed E-state index contributed by atoms with van der Waals surface area (Å²) in [7, 11) is -10.00. The first kappa shape index (κ1) is 92.7. The summed E-state index contributed by atoms with van der Waals surface area (Å²) < 4.78 is 68.1. The van der Waals surface area contributed by atoms with E-state index < -0.39 is 97.5 Å². The summed E-state index contributed by atoms with van der Waals surface area (Å²) in [6, 6.07) is 0. The minimum absolute atomic E-state index is 0.0560. The highest BCUT2D eigenvalue weighted by Gasteiger charge is 2.30. The molecule has 0 bridgehead atoms. The van der Waals surface area contributed by atoms with Crippen molar-refractivity contribution in [1.29, 1.82) is 0 Å². The third-order valence-electron chi connectivity index (χ3n) is 14.5. The molecule has 98 heavy (non-hydrogen) atoms. The van der Waals surface area contributed by atoms with Gasteiger partial charge in [0.25, 0.3) is 0 Å². The largest absolute Gasteiger partial charge is 0.472 e. The maximum atomic E-state index is 13.1. The number of esters is 4. The highest BCUT2D eigenvalue weighted by molar-refractivity contribution is 7.47. The summed E-state index contributed by atoms with van der Waals surface area (Å²) in [5.41, 5.74) is 0. The van der Waals surface area contributed by atoms with Gasteiger partial charge in [0.15, 0.2) is 12.2 Å². The van der Waals surface area contributed by atoms with Gasteiger partial charge in [0, 0.05) is 19.3 Å². The quantitative estimate of drug-likeness (QED) is 0.0169. The molecule has 0 aromatic rings. The molecule has 5 atom stereocenters. The van der Waals surface area contributed by atoms with Gasteiger partial charge in [0.05, 0.1) is 32.8 Å². The van der Waals surface area contributed by atoms with Crippen molar-refractivity contribution in [3.63, 3.8) is 0 Å². The fourth-order valence-corrected chi connectivity index (χ4v) is 10.6. The van der Waals surface area contributed by atoms with Gasteiger partial charge in [-0.15, -0.1) is 0 Å². The van der Waals surface area contributed by atoms with E-state index in [0.29, 0.717) is 32.1 Å². The molecule has 0 rings (SSSR count). The zero-order valence-corrected chi connectivity index (χ0v) is 62.2. The first-order valence-electron chi connectivity index (χ1n) is 36.7. The number of hydrogen-bond donors (Lipinski definition) is 3. The van der Waals surface area contributed by atoms with Crippen LogP contribution in [-0.2, 0) is 65.4 Å². The van der Waals surface area contributed by atoms with Crippen LogP contribution in [0.15, 0.2) is 158 Å². The molecule has 0 saturated heterocycles. The van der Waals surface area contributed by atoms with E-state index in [-0.39, 0.29) is 25.7 Å². The smallest absolute Gasteiger partial charge is 0.462 e. The number of phosphoric acid groups is 2. The topological polar surface area (TPSA) is 237 Å². The number of unbranched alkanes of at least 4 members (excludes halogenated alkanes) is 16. The monoisotopic (exact) mass is 1410 g/mol. The number of phosphoric ester groups is 2. The van der Waals surface area contributed by atoms with Crippen molar-refractivity contribution in [3.8, 4) is 0 Å². The van der Waals surface area contributed by atoms with Gasteiger partial charge in [-0.2, -0.15) is 0 Å². The average Bonchev–Trinajstić information content (AvgIpc) is 0.986. The van der Waals surface area contributed by atoms with Crippen LogP contribution in [0.1, 0.15) is 259 Å². The maximum absolute atomic E-state index is 13.1. The molecule has 0 aromatic carbocycles. The minimum atomic E-state index is -5.00. The molecule has 0 saturated carbocycles. The van der Waals surface area contributed by atoms with Gasteiger partial charge in [-0.25, -0.2) is 9.13 Å². The van der Waals surface area contributed by atoms with Gasteiger partial charge in [0.2, 0.25) is 0 Å². The molecule has 0 radical (unpaired) electrons. The molecule has 0 heterocycles. The van der Waals surface area contributed by atoms with Crippen LogP contribution in [0.5, 0.6) is 0 Å². The summed E-state index contributed by atoms with van der Waals surface area (Å²) in [6.45, 7) is 4.29. The van der Waals surface area contributed by atoms with Gasteiger partial charge < -0.3 is 33.8 Å². The molecule has 0 aliphatic carbocycles. The van der Waals surface area contributed by atoms with Crippen LogP contribution in [0.2, 0.25) is 0 Å². The molecule has 5 unspecified atom stereocenters. The summed E-state index contributed by atoms with van der Waals surface area (Å²) in [5, 5.41) is 10.6. The second-order valence-electron chi connectivity index (χ2n) is 23.8. The Labute approximate surface area is 591 Å². The van der Waals surface area contributed by atoms with Crippen LogP contribution >= 0.6 is 15.6 Å². The molecule has 0 fully saturated rings. The SMILES string of the molecule is CC/C=C\C/C=C\C/C=C\C/C=C\C/C=C\CCCC(=O)OCC(COP(=O)(O)OCC(O)COP(=O)(O)OCC(COC(=O)C/C=C\C/C=C\C/C=C\C/C=C\C/C=C\CC)OC(=O)CCCCCCCCCCCCC)OC(=O)CCCCCCC/C=C\C/C=C\C/C=C\CC. The van der Waals surface area contributed by atoms with E-state index in [1.165, 1.54) is 38.5 Å². The first-order valence-corrected chi connectivity index (χ1v) is 39.7. The van der Waals surface area contributed by atoms with Gasteiger partial charge in [0.1, 0.15) is 19.3 Å². The van der Waals surface area contributed by atoms with Crippen molar-refractivity contribution in [2.75, 3.05) is 39.6 Å². The zero-order chi connectivity index (χ0) is 71.8. The first-order chi connectivity index (χ1) is 47.7. The second kappa shape index (κ2) is 70.1. The Kier molecular flexibility index (Phi) is 66.3. The Hall–Kier alpha value is -5.32. The van der Waals surface area contributed by atoms with Crippen molar-refractivity contribution in [1.82, 2.24) is 0 Å². The highest BCUT2D eigenvalue weighted by Crippen LogP contribution is 2.45. The lowest BCUT2D eigenvalue weighted by atomic mass is 10.1. The van der Waals surface area contributed by atoms with E-state index in [9.17, 15) is 43.2 Å². The Bertz CT molecular complexity index is 2480. The van der Waals surface area contributed by atoms with Crippen LogP contribution in [-0.4, -0.2) is 96.7 Å². The van der Waals surface area contributed by atoms with Crippen molar-refractivity contribution >= 4 is 39.5 Å². The van der Waals surface area contributed by atoms with Crippen molar-refractivity contribution in [2.24, 2.45) is 0 Å². The van der Waals surface area contributed by atoms with E-state index in [1.807, 2.05) is 30.4 Å². The van der Waals surface area contributed by atoms with Crippen molar-refractivity contribution in [2.45, 2.75) is 277 Å². The summed E-state index contributed by atoms with van der Waals surface area (Å²) in [5.74, 6) is -2.42. The lowest BCUT2D eigenvalue weighted by Gasteiger charge is -2.21. The molecular formula is C79H128O17P2. The third kappa shape index (κ3) is 69.2. The normalized spacial score (nSPS) is 14.9. The standard InChI is InChI=1S/C79H128O17P2/c1-5-9-13-17-21-25-29-32-35-36-39-41-45-48-52-56-60-64-77(82)90-70-75(96-79(84)66-62-58-54-50-46-42-38-34-31-27-23-19-15-11-7-3)72-94-98(87,88)92-68-73(80)67-91-97(85,86)93-71-74(95-78(83)65-61-57-53-49-43-28-24-20-16-12-8-4)69-89-76(81)63-59-55-51-47-44-40-37-33-30-26-22-18-14-10-6-2/h9-11,13-15,21-23,25-27,32-35,37-39,41,44,47-48,52,55,59,73-75,80H,5-8,12,16-20,24,28-31,36,40,42-43,45-46,49-51,53-54,56-58,60-72H2,1-4H3,(H,85,86)(H,87,88)/b13-9-,14-10-,15-11-,25-21-,26-22-,27-23-,35-32-,37-33-,38-34-,41-39-,47-44-,52-48-,59-55-. The number of hydrogen-bond acceptors (Lipinski definition) is 15. The van der Waals surface area contributed by atoms with Crippen LogP contribution < -0.4 is 0 Å². The molecule has 0 aliphatic heterocycles. The van der Waals surface area contributed by atoms with Gasteiger partial charge in [-0.3, -0.25) is 37.3 Å². The van der Waals surface area contributed by atoms with E-state index in [4.69, 9.17) is 37.0 Å². The van der Waals surface area contributed by atoms with E-state index in [2.05, 4.69) is 149 Å². The molecule has 17 nitrogen and oxygen atoms in total. The Morgan fingerprint density at radius 3 is 0.939 bits per heavy atom. The number of allylic oxidation sites excluding steroid dienone is 25. The molecular weight excluding hydrogens is 1280 g/mol. The fraction of sp³-hybridized carbons (Fsp3) is 0.620. The molecule has 3 N–H and O–H groups in total. The van der Waals surface area contributed by atoms with Crippen LogP contribution in [0.4, 0.5) is 0 Å². The lowest BCUT2D eigenvalue weighted by molar-refractivity contribution is -0.161. The average molecular weight is 1410 g/mol. The Balaban J connectivity index is 5.47. The Morgan fingerprint density at radius 2 is 0.582 bits per heavy atom. The van der Waals surface area contributed by atoms with Crippen LogP contribution in [0, 0.1) is 0 Å². The zero-order valence-electron chi connectivity index (χ0n) is 60.4. The van der Waals surface area contributed by atoms with E-state index in [1.54, 1.807) is 6.08 Å². The fourth-order valence-electron chi connectivity index (χ4n) is 9.05. The molecule has 0 amide bonds. The van der Waals surface area contributed by atoms with Crippen LogP contribution in [0.25, 0.3) is 0 Å². The van der Waals surface area contributed by atoms with E-state index >= 15 is 0 Å². The molecule has 0 spiro atoms. The number of aliphatic hydroxyl groups excluding tert-OH is 1. The van der Waals surface area contributed by atoms with E-state index in [0.717, 1.165) is 135 Å². The number of carbonyl (C=O) groups is 4. The molecule has 19 heteroatoms. The number of carbonyl (C=O) groups excluding carboxylic acids is 4. The van der Waals surface area contributed by atoms with Crippen molar-refractivity contribution < 1.29 is 80.2 Å².